The molecule has 0 saturated carbocycles. The van der Waals surface area contributed by atoms with Crippen LogP contribution in [0.15, 0.2) is 42.5 Å². The van der Waals surface area contributed by atoms with Gasteiger partial charge >= 0.3 is 0 Å². The van der Waals surface area contributed by atoms with Crippen LogP contribution in [-0.2, 0) is 0 Å². The molecule has 0 spiro atoms. The van der Waals surface area contributed by atoms with E-state index in [0.29, 0.717) is 5.56 Å². The van der Waals surface area contributed by atoms with Crippen LogP contribution < -0.4 is 0 Å². The zero-order valence-electron chi connectivity index (χ0n) is 10.4. The van der Waals surface area contributed by atoms with Crippen LogP contribution >= 0.6 is 0 Å². The highest BCUT2D eigenvalue weighted by molar-refractivity contribution is 6.12. The topological polar surface area (TPSA) is 47.0 Å². The highest BCUT2D eigenvalue weighted by Gasteiger charge is 2.15. The van der Waals surface area contributed by atoms with Crippen LogP contribution in [0.25, 0.3) is 0 Å². The van der Waals surface area contributed by atoms with Gasteiger partial charge in [-0.1, -0.05) is 30.3 Å². The fourth-order valence-corrected chi connectivity index (χ4v) is 1.66. The number of carbonyl (C=O) groups excluding carboxylic acids is 2. The van der Waals surface area contributed by atoms with E-state index in [9.17, 15) is 14.0 Å². The largest absolute Gasteiger partial charge is 0.294 e. The number of hydrogen-bond acceptors (Lipinski definition) is 3. The number of aryl methyl sites for hydroxylation is 1. The Hall–Kier alpha value is -2.36. The summed E-state index contributed by atoms with van der Waals surface area (Å²) in [6.45, 7) is 1.48. The second-order valence-electron chi connectivity index (χ2n) is 4.15. The summed E-state index contributed by atoms with van der Waals surface area (Å²) in [5.74, 6) is -1.14. The quantitative estimate of drug-likeness (QED) is 0.625. The molecule has 96 valence electrons. The van der Waals surface area contributed by atoms with Crippen molar-refractivity contribution in [2.45, 2.75) is 13.3 Å². The molecule has 2 rings (SSSR count). The van der Waals surface area contributed by atoms with Crippen molar-refractivity contribution in [2.75, 3.05) is 0 Å². The van der Waals surface area contributed by atoms with Gasteiger partial charge in [-0.3, -0.25) is 9.59 Å². The molecule has 0 saturated heterocycles. The first-order chi connectivity index (χ1) is 9.08. The van der Waals surface area contributed by atoms with E-state index in [1.165, 1.54) is 19.1 Å². The number of hydrogen-bond donors (Lipinski definition) is 0. The Morgan fingerprint density at radius 2 is 1.74 bits per heavy atom. The maximum Gasteiger partial charge on any atom is 0.188 e. The standard InChI is InChI=1S/C15H12FNO2/c1-10-12(16)7-8-13(17-10)15(19)9-14(18)11-5-3-2-4-6-11/h2-8H,9H2,1H3. The van der Waals surface area contributed by atoms with Crippen LogP contribution in [0, 0.1) is 12.7 Å². The van der Waals surface area contributed by atoms with Crippen LogP contribution in [0.3, 0.4) is 0 Å². The number of nitrogens with zero attached hydrogens (tertiary/aromatic N) is 1. The summed E-state index contributed by atoms with van der Waals surface area (Å²) in [6, 6.07) is 11.0. The average molecular weight is 257 g/mol. The molecule has 0 unspecified atom stereocenters. The highest BCUT2D eigenvalue weighted by Crippen LogP contribution is 2.09. The molecular formula is C15H12FNO2. The lowest BCUT2D eigenvalue weighted by Crippen LogP contribution is -2.11. The van der Waals surface area contributed by atoms with Gasteiger partial charge in [-0.05, 0) is 19.1 Å². The summed E-state index contributed by atoms with van der Waals surface area (Å²) in [7, 11) is 0. The summed E-state index contributed by atoms with van der Waals surface area (Å²) in [5, 5.41) is 0. The smallest absolute Gasteiger partial charge is 0.188 e. The third kappa shape index (κ3) is 3.10. The minimum atomic E-state index is -0.467. The monoisotopic (exact) mass is 257 g/mol. The lowest BCUT2D eigenvalue weighted by Gasteiger charge is -2.02. The molecule has 0 aliphatic heterocycles. The molecule has 1 aromatic carbocycles. The minimum absolute atomic E-state index is 0.114. The minimum Gasteiger partial charge on any atom is -0.294 e. The van der Waals surface area contributed by atoms with Gasteiger partial charge in [-0.25, -0.2) is 9.37 Å². The predicted molar refractivity (Wildman–Crippen MR) is 68.7 cm³/mol. The maximum atomic E-state index is 13.0. The first-order valence-corrected chi connectivity index (χ1v) is 5.82. The third-order valence-corrected chi connectivity index (χ3v) is 2.72. The molecular weight excluding hydrogens is 245 g/mol. The summed E-state index contributed by atoms with van der Waals surface area (Å²) in [6.07, 6.45) is -0.262. The second kappa shape index (κ2) is 5.52. The second-order valence-corrected chi connectivity index (χ2v) is 4.15. The summed E-state index contributed by atoms with van der Waals surface area (Å²) < 4.78 is 13.0. The van der Waals surface area contributed by atoms with Gasteiger partial charge in [0.15, 0.2) is 11.6 Å². The number of halogens is 1. The van der Waals surface area contributed by atoms with E-state index in [-0.39, 0.29) is 23.6 Å². The van der Waals surface area contributed by atoms with E-state index < -0.39 is 11.6 Å². The Balaban J connectivity index is 2.13. The van der Waals surface area contributed by atoms with Gasteiger partial charge in [0, 0.05) is 5.56 Å². The third-order valence-electron chi connectivity index (χ3n) is 2.72. The molecule has 3 nitrogen and oxygen atoms in total. The van der Waals surface area contributed by atoms with Gasteiger partial charge < -0.3 is 0 Å². The van der Waals surface area contributed by atoms with Crippen molar-refractivity contribution in [3.05, 3.63) is 65.2 Å². The van der Waals surface area contributed by atoms with Crippen LogP contribution in [0.4, 0.5) is 4.39 Å². The molecule has 1 aromatic heterocycles. The lowest BCUT2D eigenvalue weighted by molar-refractivity contribution is 0.0891. The number of ketones is 2. The number of Topliss-reactive ketones (excluding diaryl/α,β-unsaturated/α-hetero) is 2. The molecule has 0 N–H and O–H groups in total. The van der Waals surface area contributed by atoms with Crippen LogP contribution in [0.5, 0.6) is 0 Å². The van der Waals surface area contributed by atoms with Crippen molar-refractivity contribution in [1.82, 2.24) is 4.98 Å². The molecule has 0 atom stereocenters. The van der Waals surface area contributed by atoms with E-state index in [1.54, 1.807) is 30.3 Å². The normalized spacial score (nSPS) is 10.2. The SMILES string of the molecule is Cc1nc(C(=O)CC(=O)c2ccccc2)ccc1F. The molecule has 0 fully saturated rings. The molecule has 19 heavy (non-hydrogen) atoms. The Morgan fingerprint density at radius 1 is 1.05 bits per heavy atom. The fraction of sp³-hybridized carbons (Fsp3) is 0.133. The van der Waals surface area contributed by atoms with Gasteiger partial charge in [0.1, 0.15) is 11.5 Å². The van der Waals surface area contributed by atoms with Gasteiger partial charge in [0.05, 0.1) is 12.1 Å². The van der Waals surface area contributed by atoms with Gasteiger partial charge in [0.25, 0.3) is 0 Å². The summed E-state index contributed by atoms with van der Waals surface area (Å²) >= 11 is 0. The molecule has 1 heterocycles. The van der Waals surface area contributed by atoms with E-state index in [1.807, 2.05) is 0 Å². The lowest BCUT2D eigenvalue weighted by atomic mass is 10.0. The number of aromatic nitrogens is 1. The number of rotatable bonds is 4. The molecule has 0 amide bonds. The number of benzene rings is 1. The van der Waals surface area contributed by atoms with Crippen LogP contribution in [-0.4, -0.2) is 16.6 Å². The van der Waals surface area contributed by atoms with E-state index in [2.05, 4.69) is 4.98 Å². The summed E-state index contributed by atoms with van der Waals surface area (Å²) in [5.41, 5.74) is 0.746. The number of pyridine rings is 1. The zero-order valence-corrected chi connectivity index (χ0v) is 10.4. The molecule has 0 aliphatic rings. The molecule has 2 aromatic rings. The number of carbonyl (C=O) groups is 2. The van der Waals surface area contributed by atoms with Crippen molar-refractivity contribution in [3.8, 4) is 0 Å². The van der Waals surface area contributed by atoms with Gasteiger partial charge in [0.2, 0.25) is 0 Å². The summed E-state index contributed by atoms with van der Waals surface area (Å²) in [4.78, 5) is 27.6. The van der Waals surface area contributed by atoms with Crippen LogP contribution in [0.1, 0.15) is 33.0 Å². The van der Waals surface area contributed by atoms with Crippen molar-refractivity contribution in [2.24, 2.45) is 0 Å². The molecule has 4 heteroatoms. The Morgan fingerprint density at radius 3 is 2.37 bits per heavy atom. The van der Waals surface area contributed by atoms with Gasteiger partial charge in [-0.15, -0.1) is 0 Å². The van der Waals surface area contributed by atoms with Crippen LogP contribution in [0.2, 0.25) is 0 Å². The van der Waals surface area contributed by atoms with Crippen molar-refractivity contribution >= 4 is 11.6 Å². The average Bonchev–Trinajstić information content (AvgIpc) is 2.42. The fourth-order valence-electron chi connectivity index (χ4n) is 1.66. The Labute approximate surface area is 110 Å². The first-order valence-electron chi connectivity index (χ1n) is 5.82. The van der Waals surface area contributed by atoms with E-state index in [4.69, 9.17) is 0 Å². The van der Waals surface area contributed by atoms with Crippen molar-refractivity contribution in [1.29, 1.82) is 0 Å². The van der Waals surface area contributed by atoms with E-state index >= 15 is 0 Å². The van der Waals surface area contributed by atoms with Gasteiger partial charge in [-0.2, -0.15) is 0 Å². The zero-order chi connectivity index (χ0) is 13.8. The molecule has 0 radical (unpaired) electrons. The predicted octanol–water partition coefficient (Wildman–Crippen LogP) is 2.98. The Bertz CT molecular complexity index is 623. The first kappa shape index (κ1) is 13.1. The maximum absolute atomic E-state index is 13.0. The van der Waals surface area contributed by atoms with Crippen molar-refractivity contribution in [3.63, 3.8) is 0 Å². The molecule has 0 bridgehead atoms. The van der Waals surface area contributed by atoms with Crippen molar-refractivity contribution < 1.29 is 14.0 Å². The highest BCUT2D eigenvalue weighted by atomic mass is 19.1. The Kier molecular flexibility index (Phi) is 3.80. The van der Waals surface area contributed by atoms with E-state index in [0.717, 1.165) is 0 Å². The molecule has 0 aliphatic carbocycles.